The fourth-order valence-corrected chi connectivity index (χ4v) is 2.69. The van der Waals surface area contributed by atoms with Crippen LogP contribution in [-0.4, -0.2) is 16.7 Å². The van der Waals surface area contributed by atoms with Gasteiger partial charge in [-0.15, -0.1) is 0 Å². The maximum atomic E-state index is 12.1. The average Bonchev–Trinajstić information content (AvgIpc) is 2.53. The van der Waals surface area contributed by atoms with Crippen LogP contribution in [0.15, 0.2) is 28.7 Å². The van der Waals surface area contributed by atoms with Crippen LogP contribution in [0.25, 0.3) is 0 Å². The first-order chi connectivity index (χ1) is 8.43. The maximum absolute atomic E-state index is 12.1. The van der Waals surface area contributed by atoms with E-state index in [1.54, 1.807) is 0 Å². The zero-order valence-electron chi connectivity index (χ0n) is 10.7. The van der Waals surface area contributed by atoms with Crippen molar-refractivity contribution in [3.05, 3.63) is 34.3 Å². The lowest BCUT2D eigenvalue weighted by Crippen LogP contribution is -2.33. The monoisotopic (exact) mass is 309 g/mol. The molecule has 1 aliphatic heterocycles. The summed E-state index contributed by atoms with van der Waals surface area (Å²) in [7, 11) is 0. The van der Waals surface area contributed by atoms with Crippen molar-refractivity contribution >= 4 is 27.7 Å². The Morgan fingerprint density at radius 3 is 2.22 bits per heavy atom. The Morgan fingerprint density at radius 1 is 1.17 bits per heavy atom. The molecule has 1 aromatic carbocycles. The highest BCUT2D eigenvalue weighted by molar-refractivity contribution is 9.10. The Kier molecular flexibility index (Phi) is 3.57. The van der Waals surface area contributed by atoms with E-state index in [9.17, 15) is 9.59 Å². The summed E-state index contributed by atoms with van der Waals surface area (Å²) in [6.45, 7) is 5.53. The molecule has 4 heteroatoms. The van der Waals surface area contributed by atoms with Gasteiger partial charge in [0.05, 0.1) is 6.04 Å². The first kappa shape index (κ1) is 13.3. The lowest BCUT2D eigenvalue weighted by Gasteiger charge is -2.23. The molecular weight excluding hydrogens is 294 g/mol. The molecule has 3 nitrogen and oxygen atoms in total. The average molecular weight is 310 g/mol. The van der Waals surface area contributed by atoms with E-state index in [0.29, 0.717) is 0 Å². The van der Waals surface area contributed by atoms with Gasteiger partial charge in [-0.3, -0.25) is 14.5 Å². The highest BCUT2D eigenvalue weighted by atomic mass is 79.9. The molecule has 3 unspecified atom stereocenters. The third-order valence-corrected chi connectivity index (χ3v) is 4.22. The smallest absolute Gasteiger partial charge is 0.233 e. The van der Waals surface area contributed by atoms with Gasteiger partial charge in [-0.1, -0.05) is 41.9 Å². The van der Waals surface area contributed by atoms with Crippen LogP contribution in [0.3, 0.4) is 0 Å². The van der Waals surface area contributed by atoms with Gasteiger partial charge in [0.25, 0.3) is 0 Å². The molecule has 0 radical (unpaired) electrons. The minimum Gasteiger partial charge on any atom is -0.275 e. The molecule has 2 rings (SSSR count). The lowest BCUT2D eigenvalue weighted by atomic mass is 10.00. The number of hydrogen-bond acceptors (Lipinski definition) is 2. The first-order valence-corrected chi connectivity index (χ1v) is 6.85. The molecule has 0 aromatic heterocycles. The Morgan fingerprint density at radius 2 is 1.72 bits per heavy atom. The second-order valence-electron chi connectivity index (χ2n) is 4.85. The van der Waals surface area contributed by atoms with Crippen molar-refractivity contribution in [1.29, 1.82) is 0 Å². The summed E-state index contributed by atoms with van der Waals surface area (Å²) < 4.78 is 0.951. The van der Waals surface area contributed by atoms with E-state index in [4.69, 9.17) is 0 Å². The van der Waals surface area contributed by atoms with E-state index in [2.05, 4.69) is 15.9 Å². The number of halogens is 1. The standard InChI is InChI=1S/C14H16BrNO2/c1-8-9(2)14(18)16(13(8)17)10(3)11-5-4-6-12(15)7-11/h4-10H,1-3H3. The van der Waals surface area contributed by atoms with Crippen molar-refractivity contribution in [3.8, 4) is 0 Å². The van der Waals surface area contributed by atoms with Crippen molar-refractivity contribution in [2.24, 2.45) is 11.8 Å². The van der Waals surface area contributed by atoms with Crippen LogP contribution in [0.4, 0.5) is 0 Å². The minimum atomic E-state index is -0.216. The summed E-state index contributed by atoms with van der Waals surface area (Å²) in [6, 6.07) is 7.50. The Bertz CT molecular complexity index is 480. The molecule has 0 bridgehead atoms. The molecule has 18 heavy (non-hydrogen) atoms. The van der Waals surface area contributed by atoms with Crippen molar-refractivity contribution in [2.45, 2.75) is 26.8 Å². The predicted molar refractivity (Wildman–Crippen MR) is 72.7 cm³/mol. The van der Waals surface area contributed by atoms with Gasteiger partial charge in [-0.25, -0.2) is 0 Å². The van der Waals surface area contributed by atoms with E-state index < -0.39 is 0 Å². The van der Waals surface area contributed by atoms with E-state index in [-0.39, 0.29) is 29.7 Å². The highest BCUT2D eigenvalue weighted by Gasteiger charge is 2.44. The second-order valence-corrected chi connectivity index (χ2v) is 5.77. The largest absolute Gasteiger partial charge is 0.275 e. The van der Waals surface area contributed by atoms with Crippen molar-refractivity contribution in [3.63, 3.8) is 0 Å². The Hall–Kier alpha value is -1.16. The topological polar surface area (TPSA) is 37.4 Å². The molecule has 1 aliphatic rings. The zero-order valence-corrected chi connectivity index (χ0v) is 12.3. The number of rotatable bonds is 2. The molecule has 0 N–H and O–H groups in total. The number of benzene rings is 1. The Balaban J connectivity index is 2.32. The molecule has 0 aliphatic carbocycles. The molecule has 1 fully saturated rings. The quantitative estimate of drug-likeness (QED) is 0.787. The van der Waals surface area contributed by atoms with Gasteiger partial charge >= 0.3 is 0 Å². The molecule has 1 heterocycles. The van der Waals surface area contributed by atoms with Gasteiger partial charge in [0, 0.05) is 16.3 Å². The van der Waals surface area contributed by atoms with Crippen molar-refractivity contribution in [1.82, 2.24) is 4.90 Å². The van der Waals surface area contributed by atoms with Crippen LogP contribution >= 0.6 is 15.9 Å². The lowest BCUT2D eigenvalue weighted by molar-refractivity contribution is -0.142. The summed E-state index contributed by atoms with van der Waals surface area (Å²) >= 11 is 3.40. The predicted octanol–water partition coefficient (Wildman–Crippen LogP) is 3.15. The molecular formula is C14H16BrNO2. The van der Waals surface area contributed by atoms with Crippen LogP contribution in [0, 0.1) is 11.8 Å². The number of imide groups is 1. The molecule has 2 amide bonds. The summed E-state index contributed by atoms with van der Waals surface area (Å²) in [5.74, 6) is -0.570. The van der Waals surface area contributed by atoms with Crippen molar-refractivity contribution < 1.29 is 9.59 Å². The zero-order chi connectivity index (χ0) is 13.4. The molecule has 1 aromatic rings. The molecule has 0 saturated carbocycles. The summed E-state index contributed by atoms with van der Waals surface area (Å²) in [4.78, 5) is 25.6. The van der Waals surface area contributed by atoms with Crippen molar-refractivity contribution in [2.75, 3.05) is 0 Å². The first-order valence-electron chi connectivity index (χ1n) is 6.06. The van der Waals surface area contributed by atoms with Crippen LogP contribution < -0.4 is 0 Å². The number of carbonyl (C=O) groups excluding carboxylic acids is 2. The van der Waals surface area contributed by atoms with Crippen LogP contribution in [-0.2, 0) is 9.59 Å². The third kappa shape index (κ3) is 2.09. The van der Waals surface area contributed by atoms with E-state index >= 15 is 0 Å². The summed E-state index contributed by atoms with van der Waals surface area (Å²) in [6.07, 6.45) is 0. The second kappa shape index (κ2) is 4.84. The van der Waals surface area contributed by atoms with E-state index in [1.165, 1.54) is 4.90 Å². The van der Waals surface area contributed by atoms with Crippen LogP contribution in [0.1, 0.15) is 32.4 Å². The van der Waals surface area contributed by atoms with Crippen LogP contribution in [0.5, 0.6) is 0 Å². The fraction of sp³-hybridized carbons (Fsp3) is 0.429. The fourth-order valence-electron chi connectivity index (χ4n) is 2.27. The summed E-state index contributed by atoms with van der Waals surface area (Å²) in [5, 5.41) is 0. The van der Waals surface area contributed by atoms with Gasteiger partial charge in [0.15, 0.2) is 0 Å². The minimum absolute atomic E-state index is 0.0695. The SMILES string of the molecule is CC1C(=O)N(C(C)c2cccc(Br)c2)C(=O)C1C. The van der Waals surface area contributed by atoms with E-state index in [0.717, 1.165) is 10.0 Å². The van der Waals surface area contributed by atoms with Gasteiger partial charge < -0.3 is 0 Å². The molecule has 3 atom stereocenters. The highest BCUT2D eigenvalue weighted by Crippen LogP contribution is 2.33. The number of amides is 2. The van der Waals surface area contributed by atoms with E-state index in [1.807, 2.05) is 45.0 Å². The summed E-state index contributed by atoms with van der Waals surface area (Å²) in [5.41, 5.74) is 0.965. The van der Waals surface area contributed by atoms with Gasteiger partial charge in [0.2, 0.25) is 11.8 Å². The van der Waals surface area contributed by atoms with Gasteiger partial charge in [0.1, 0.15) is 0 Å². The Labute approximate surface area is 115 Å². The van der Waals surface area contributed by atoms with Gasteiger partial charge in [-0.05, 0) is 24.6 Å². The van der Waals surface area contributed by atoms with Crippen LogP contribution in [0.2, 0.25) is 0 Å². The molecule has 96 valence electrons. The number of likely N-dealkylation sites (tertiary alicyclic amines) is 1. The normalized spacial score (nSPS) is 25.7. The number of hydrogen-bond donors (Lipinski definition) is 0. The maximum Gasteiger partial charge on any atom is 0.233 e. The third-order valence-electron chi connectivity index (χ3n) is 3.72. The number of nitrogens with zero attached hydrogens (tertiary/aromatic N) is 1. The number of carbonyl (C=O) groups is 2. The molecule has 1 saturated heterocycles. The molecule has 0 spiro atoms. The van der Waals surface area contributed by atoms with Gasteiger partial charge in [-0.2, -0.15) is 0 Å².